The Labute approximate surface area is 99.2 Å². The summed E-state index contributed by atoms with van der Waals surface area (Å²) in [6.45, 7) is 3.35. The number of hydrogen-bond acceptors (Lipinski definition) is 4. The molecule has 0 aliphatic rings. The van der Waals surface area contributed by atoms with E-state index in [1.54, 1.807) is 6.92 Å². The van der Waals surface area contributed by atoms with Crippen molar-refractivity contribution in [2.45, 2.75) is 25.7 Å². The molecule has 0 aliphatic heterocycles. The van der Waals surface area contributed by atoms with Gasteiger partial charge in [0.25, 0.3) is 0 Å². The van der Waals surface area contributed by atoms with Gasteiger partial charge in [0.05, 0.1) is 0 Å². The number of benzene rings is 1. The first-order chi connectivity index (χ1) is 7.59. The lowest BCUT2D eigenvalue weighted by molar-refractivity contribution is -0.144. The summed E-state index contributed by atoms with van der Waals surface area (Å²) in [4.78, 5) is 22.2. The average Bonchev–Trinajstić information content (AvgIpc) is 2.26. The van der Waals surface area contributed by atoms with Crippen LogP contribution < -0.4 is 0 Å². The van der Waals surface area contributed by atoms with Crippen LogP contribution in [0.25, 0.3) is 0 Å². The van der Waals surface area contributed by atoms with Crippen molar-refractivity contribution in [2.24, 2.45) is 0 Å². The van der Waals surface area contributed by atoms with Crippen LogP contribution in [0.15, 0.2) is 30.3 Å². The molecule has 3 nitrogen and oxygen atoms in total. The Kier molecular flexibility index (Phi) is 5.05. The van der Waals surface area contributed by atoms with Gasteiger partial charge in [-0.15, -0.1) is 0 Å². The summed E-state index contributed by atoms with van der Waals surface area (Å²) in [5, 5.41) is -0.523. The van der Waals surface area contributed by atoms with Crippen molar-refractivity contribution in [3.8, 4) is 0 Å². The normalized spacial score (nSPS) is 11.9. The highest BCUT2D eigenvalue weighted by Crippen LogP contribution is 2.13. The Morgan fingerprint density at radius 1 is 1.31 bits per heavy atom. The van der Waals surface area contributed by atoms with E-state index in [4.69, 9.17) is 4.74 Å². The highest BCUT2D eigenvalue weighted by Gasteiger charge is 2.16. The maximum Gasteiger partial charge on any atom is 0.319 e. The summed E-state index contributed by atoms with van der Waals surface area (Å²) < 4.78 is 5.08. The number of carbonyl (C=O) groups excluding carboxylic acids is 2. The molecule has 0 aromatic heterocycles. The zero-order chi connectivity index (χ0) is 12.0. The van der Waals surface area contributed by atoms with Crippen LogP contribution in [-0.2, 0) is 20.9 Å². The molecular formula is C12H14O3S. The van der Waals surface area contributed by atoms with Crippen molar-refractivity contribution in [3.05, 3.63) is 35.9 Å². The molecule has 0 saturated carbocycles. The van der Waals surface area contributed by atoms with E-state index in [-0.39, 0.29) is 17.7 Å². The monoisotopic (exact) mass is 238 g/mol. The van der Waals surface area contributed by atoms with Crippen molar-refractivity contribution in [3.63, 3.8) is 0 Å². The minimum absolute atomic E-state index is 0.0795. The van der Waals surface area contributed by atoms with Crippen LogP contribution >= 0.6 is 11.8 Å². The van der Waals surface area contributed by atoms with Crippen molar-refractivity contribution in [2.75, 3.05) is 0 Å². The van der Waals surface area contributed by atoms with E-state index >= 15 is 0 Å². The smallest absolute Gasteiger partial charge is 0.319 e. The van der Waals surface area contributed by atoms with Crippen LogP contribution in [0.4, 0.5) is 0 Å². The van der Waals surface area contributed by atoms with Gasteiger partial charge in [0, 0.05) is 6.92 Å². The molecule has 0 N–H and O–H groups in total. The van der Waals surface area contributed by atoms with Crippen LogP contribution in [0.3, 0.4) is 0 Å². The highest BCUT2D eigenvalue weighted by atomic mass is 32.2. The van der Waals surface area contributed by atoms with Gasteiger partial charge in [-0.1, -0.05) is 42.1 Å². The number of thioether (sulfide) groups is 1. The lowest BCUT2D eigenvalue weighted by Crippen LogP contribution is -2.18. The van der Waals surface area contributed by atoms with E-state index in [1.807, 2.05) is 30.3 Å². The number of rotatable bonds is 4. The molecule has 1 unspecified atom stereocenters. The molecule has 86 valence electrons. The third-order valence-corrected chi connectivity index (χ3v) is 2.78. The second-order valence-electron chi connectivity index (χ2n) is 3.34. The summed E-state index contributed by atoms with van der Waals surface area (Å²) in [5.74, 6) is -0.357. The van der Waals surface area contributed by atoms with Crippen LogP contribution in [0.5, 0.6) is 0 Å². The molecule has 0 fully saturated rings. The Hall–Kier alpha value is -1.29. The van der Waals surface area contributed by atoms with E-state index in [9.17, 15) is 9.59 Å². The van der Waals surface area contributed by atoms with Crippen molar-refractivity contribution >= 4 is 22.8 Å². The van der Waals surface area contributed by atoms with Gasteiger partial charge in [-0.05, 0) is 12.5 Å². The summed E-state index contributed by atoms with van der Waals surface area (Å²) in [6, 6.07) is 9.44. The molecule has 1 rings (SSSR count). The molecule has 1 aromatic carbocycles. The fourth-order valence-electron chi connectivity index (χ4n) is 1.14. The van der Waals surface area contributed by atoms with Crippen LogP contribution in [0.2, 0.25) is 0 Å². The van der Waals surface area contributed by atoms with E-state index in [0.717, 1.165) is 17.3 Å². The fraction of sp³-hybridized carbons (Fsp3) is 0.333. The molecular weight excluding hydrogens is 224 g/mol. The van der Waals surface area contributed by atoms with E-state index < -0.39 is 5.25 Å². The summed E-state index contributed by atoms with van der Waals surface area (Å²) in [6.07, 6.45) is 0. The second kappa shape index (κ2) is 6.33. The topological polar surface area (TPSA) is 43.4 Å². The number of esters is 1. The minimum Gasteiger partial charge on any atom is -0.460 e. The van der Waals surface area contributed by atoms with Gasteiger partial charge in [-0.3, -0.25) is 9.59 Å². The van der Waals surface area contributed by atoms with Gasteiger partial charge < -0.3 is 4.74 Å². The largest absolute Gasteiger partial charge is 0.460 e. The van der Waals surface area contributed by atoms with Gasteiger partial charge in [-0.25, -0.2) is 0 Å². The van der Waals surface area contributed by atoms with E-state index in [0.29, 0.717) is 0 Å². The van der Waals surface area contributed by atoms with Gasteiger partial charge >= 0.3 is 5.97 Å². The summed E-state index contributed by atoms with van der Waals surface area (Å²) in [5.41, 5.74) is 0.941. The third kappa shape index (κ3) is 4.49. The molecule has 0 aliphatic carbocycles. The second-order valence-corrected chi connectivity index (χ2v) is 4.86. The molecule has 0 spiro atoms. The van der Waals surface area contributed by atoms with Crippen molar-refractivity contribution < 1.29 is 14.3 Å². The maximum absolute atomic E-state index is 11.5. The first kappa shape index (κ1) is 12.8. The molecule has 0 saturated heterocycles. The standard InChI is InChI=1S/C12H14O3S/c1-9(16-10(2)13)12(14)15-8-11-6-4-3-5-7-11/h3-7,9H,8H2,1-2H3. The molecule has 16 heavy (non-hydrogen) atoms. The molecule has 1 aromatic rings. The fourth-order valence-corrected chi connectivity index (χ4v) is 1.81. The molecule has 0 amide bonds. The summed E-state index contributed by atoms with van der Waals surface area (Å²) >= 11 is 0.984. The Balaban J connectivity index is 2.38. The van der Waals surface area contributed by atoms with Gasteiger partial charge in [0.2, 0.25) is 0 Å². The lowest BCUT2D eigenvalue weighted by atomic mass is 10.2. The van der Waals surface area contributed by atoms with Crippen molar-refractivity contribution in [1.82, 2.24) is 0 Å². The average molecular weight is 238 g/mol. The van der Waals surface area contributed by atoms with Crippen molar-refractivity contribution in [1.29, 1.82) is 0 Å². The SMILES string of the molecule is CC(=O)SC(C)C(=O)OCc1ccccc1. The first-order valence-corrected chi connectivity index (χ1v) is 5.85. The minimum atomic E-state index is -0.443. The molecule has 1 atom stereocenters. The van der Waals surface area contributed by atoms with Crippen LogP contribution in [0.1, 0.15) is 19.4 Å². The number of carbonyl (C=O) groups is 2. The zero-order valence-corrected chi connectivity index (χ0v) is 10.1. The van der Waals surface area contributed by atoms with Crippen LogP contribution in [0, 0.1) is 0 Å². The van der Waals surface area contributed by atoms with Crippen LogP contribution in [-0.4, -0.2) is 16.3 Å². The molecule has 0 radical (unpaired) electrons. The number of hydrogen-bond donors (Lipinski definition) is 0. The lowest BCUT2D eigenvalue weighted by Gasteiger charge is -2.09. The molecule has 0 heterocycles. The Bertz CT molecular complexity index is 362. The third-order valence-electron chi connectivity index (χ3n) is 1.90. The molecule has 4 heteroatoms. The molecule has 0 bridgehead atoms. The predicted molar refractivity (Wildman–Crippen MR) is 64.0 cm³/mol. The summed E-state index contributed by atoms with van der Waals surface area (Å²) in [7, 11) is 0. The Morgan fingerprint density at radius 2 is 1.94 bits per heavy atom. The number of ether oxygens (including phenoxy) is 1. The quantitative estimate of drug-likeness (QED) is 0.755. The van der Waals surface area contributed by atoms with Gasteiger partial charge in [-0.2, -0.15) is 0 Å². The van der Waals surface area contributed by atoms with Gasteiger partial charge in [0.1, 0.15) is 11.9 Å². The Morgan fingerprint density at radius 3 is 2.50 bits per heavy atom. The highest BCUT2D eigenvalue weighted by molar-refractivity contribution is 8.14. The van der Waals surface area contributed by atoms with Gasteiger partial charge in [0.15, 0.2) is 5.12 Å². The van der Waals surface area contributed by atoms with E-state index in [1.165, 1.54) is 6.92 Å². The zero-order valence-electron chi connectivity index (χ0n) is 9.30. The first-order valence-electron chi connectivity index (χ1n) is 4.97. The van der Waals surface area contributed by atoms with E-state index in [2.05, 4.69) is 0 Å². The predicted octanol–water partition coefficient (Wildman–Crippen LogP) is 2.40. The maximum atomic E-state index is 11.5.